The van der Waals surface area contributed by atoms with Gasteiger partial charge >= 0.3 is 0 Å². The topological polar surface area (TPSA) is 247 Å². The highest BCUT2D eigenvalue weighted by Gasteiger charge is 2.45. The van der Waals surface area contributed by atoms with Crippen molar-refractivity contribution in [2.45, 2.75) is 124 Å². The van der Waals surface area contributed by atoms with Gasteiger partial charge in [-0.1, -0.05) is 68.6 Å². The molecule has 75 heavy (non-hydrogen) atoms. The Morgan fingerprint density at radius 2 is 1.49 bits per heavy atom. The minimum absolute atomic E-state index is 0.0591. The van der Waals surface area contributed by atoms with Crippen LogP contribution in [0.1, 0.15) is 105 Å². The summed E-state index contributed by atoms with van der Waals surface area (Å²) in [6.45, 7) is 14.6. The van der Waals surface area contributed by atoms with Crippen LogP contribution < -0.4 is 4.90 Å². The van der Waals surface area contributed by atoms with Crippen molar-refractivity contribution >= 4 is 89.0 Å². The number of benzene rings is 3. The van der Waals surface area contributed by atoms with E-state index in [4.69, 9.17) is 14.8 Å². The number of carbonyl (C=O) groups excluding carboxylic acids is 1. The van der Waals surface area contributed by atoms with Gasteiger partial charge in [-0.2, -0.15) is 21.4 Å². The number of ketones is 1. The fourth-order valence-electron chi connectivity index (χ4n) is 9.45. The van der Waals surface area contributed by atoms with E-state index >= 15 is 0 Å². The number of sulfonamides is 1. The number of allylic oxidation sites excluding steroid dienone is 7. The molecule has 0 atom stereocenters. The van der Waals surface area contributed by atoms with Crippen LogP contribution in [0.5, 0.6) is 0 Å². The van der Waals surface area contributed by atoms with E-state index in [0.717, 1.165) is 80.5 Å². The van der Waals surface area contributed by atoms with Crippen molar-refractivity contribution in [2.24, 2.45) is 5.41 Å². The largest absolute Gasteiger partial charge is 0.344 e. The molecule has 24 heteroatoms. The quantitative estimate of drug-likeness (QED) is 0.0154. The normalized spacial score (nSPS) is 18.1. The second-order valence-electron chi connectivity index (χ2n) is 20.4. The van der Waals surface area contributed by atoms with Crippen molar-refractivity contribution in [3.63, 3.8) is 0 Å². The lowest BCUT2D eigenvalue weighted by Crippen LogP contribution is -2.29. The molecular formula is C51H66N3O15S6+. The van der Waals surface area contributed by atoms with Gasteiger partial charge < -0.3 is 4.90 Å². The number of thioether (sulfide) groups is 1. The molecule has 0 saturated carbocycles. The van der Waals surface area contributed by atoms with Crippen molar-refractivity contribution in [3.8, 4) is 0 Å². The second-order valence-corrected chi connectivity index (χ2v) is 28.1. The molecule has 0 amide bonds. The standard InChI is InChI=1S/C51H65N3O15S6/c1-49(2,3)47(55)15-10-28-52(8)74(61,62)40-23-25-44-42(34-40)51(6,7)46(53(44)29-11-31-70-68-66-56)27-17-36-14-9-13-35(48(36)71-37-18-21-39(22-19-37)75(63,64)65)16-26-45-50(4,5)41-33-38(72-69-67-57)20-24-43(41)54(45)30-12-32-73(58,59)60/h16-27,33-34H,9-15,28-32H2,1-8H3,(H3-,56,57,58,59,60,63,64,65)/p+1. The average molecular weight is 1150 g/mol. The number of carbonyl (C=O) groups is 1. The molecule has 410 valence electrons. The minimum atomic E-state index is -4.46. The van der Waals surface area contributed by atoms with E-state index in [0.29, 0.717) is 47.8 Å². The maximum atomic E-state index is 14.1. The minimum Gasteiger partial charge on any atom is -0.344 e. The number of fused-ring (bicyclic) bond motifs is 2. The molecule has 3 aliphatic rings. The van der Waals surface area contributed by atoms with Crippen LogP contribution in [0.25, 0.3) is 0 Å². The van der Waals surface area contributed by atoms with Gasteiger partial charge in [-0.05, 0) is 123 Å². The lowest BCUT2D eigenvalue weighted by atomic mass is 9.81. The first-order valence-electron chi connectivity index (χ1n) is 24.1. The third-order valence-corrected chi connectivity index (χ3v) is 19.4. The van der Waals surface area contributed by atoms with Crippen molar-refractivity contribution in [3.05, 3.63) is 118 Å². The summed E-state index contributed by atoms with van der Waals surface area (Å²) in [7, 11) is -11.1. The van der Waals surface area contributed by atoms with E-state index < -0.39 is 52.3 Å². The Kier molecular flexibility index (Phi) is 20.1. The SMILES string of the molecule is CN(CCCC(=O)C(C)(C)C)S(=O)(=O)c1ccc2c(c1)C(C)(C)/C(=C\C=C1/CCCC(/C=C/C3=[N+](CCCS(=O)(=O)O)c4ccc(SOOO)cc4C3(C)C)=C1Sc1ccc(S(=O)(=O)O)cc1)N2CCCSOOO. The third-order valence-electron chi connectivity index (χ3n) is 13.5. The summed E-state index contributed by atoms with van der Waals surface area (Å²) in [6, 6.07) is 16.7. The molecule has 3 aromatic rings. The van der Waals surface area contributed by atoms with Gasteiger partial charge in [0.05, 0.1) is 33.0 Å². The summed E-state index contributed by atoms with van der Waals surface area (Å²) in [5.41, 5.74) is 5.12. The van der Waals surface area contributed by atoms with Gasteiger partial charge in [0.2, 0.25) is 15.7 Å². The van der Waals surface area contributed by atoms with Crippen LogP contribution in [-0.2, 0) is 64.6 Å². The molecule has 0 aromatic heterocycles. The van der Waals surface area contributed by atoms with Crippen LogP contribution in [0, 0.1) is 5.41 Å². The third kappa shape index (κ3) is 14.9. The predicted molar refractivity (Wildman–Crippen MR) is 291 cm³/mol. The van der Waals surface area contributed by atoms with Crippen LogP contribution in [0.15, 0.2) is 126 Å². The zero-order chi connectivity index (χ0) is 55.1. The highest BCUT2D eigenvalue weighted by molar-refractivity contribution is 8.03. The highest BCUT2D eigenvalue weighted by Crippen LogP contribution is 2.50. The van der Waals surface area contributed by atoms with E-state index in [-0.39, 0.29) is 41.5 Å². The van der Waals surface area contributed by atoms with Gasteiger partial charge in [-0.15, -0.1) is 8.67 Å². The van der Waals surface area contributed by atoms with Crippen molar-refractivity contribution in [1.82, 2.24) is 4.31 Å². The lowest BCUT2D eigenvalue weighted by Gasteiger charge is -2.27. The average Bonchev–Trinajstić information content (AvgIpc) is 3.68. The van der Waals surface area contributed by atoms with Crippen LogP contribution in [0.3, 0.4) is 0 Å². The Morgan fingerprint density at radius 1 is 0.813 bits per heavy atom. The van der Waals surface area contributed by atoms with Gasteiger partial charge in [0.1, 0.15) is 12.3 Å². The van der Waals surface area contributed by atoms with E-state index in [1.807, 2.05) is 83.4 Å². The molecule has 0 bridgehead atoms. The molecule has 0 spiro atoms. The summed E-state index contributed by atoms with van der Waals surface area (Å²) < 4.78 is 108. The summed E-state index contributed by atoms with van der Waals surface area (Å²) in [4.78, 5) is 16.9. The number of rotatable bonds is 25. The maximum Gasteiger partial charge on any atom is 0.294 e. The van der Waals surface area contributed by atoms with E-state index in [1.54, 1.807) is 30.3 Å². The molecule has 3 aromatic carbocycles. The molecule has 6 rings (SSSR count). The summed E-state index contributed by atoms with van der Waals surface area (Å²) in [5, 5.41) is 25.2. The Balaban J connectivity index is 1.44. The molecule has 18 nitrogen and oxygen atoms in total. The van der Waals surface area contributed by atoms with Crippen molar-refractivity contribution in [1.29, 1.82) is 0 Å². The first-order chi connectivity index (χ1) is 35.1. The molecule has 0 fully saturated rings. The monoisotopic (exact) mass is 1150 g/mol. The highest BCUT2D eigenvalue weighted by atomic mass is 32.2. The van der Waals surface area contributed by atoms with Crippen LogP contribution in [0.4, 0.5) is 11.4 Å². The Morgan fingerprint density at radius 3 is 2.15 bits per heavy atom. The summed E-state index contributed by atoms with van der Waals surface area (Å²) >= 11 is 3.20. The zero-order valence-corrected chi connectivity index (χ0v) is 48.0. The Bertz CT molecular complexity index is 3110. The zero-order valence-electron chi connectivity index (χ0n) is 43.1. The predicted octanol–water partition coefficient (Wildman–Crippen LogP) is 10.9. The molecule has 0 radical (unpaired) electrons. The van der Waals surface area contributed by atoms with Gasteiger partial charge in [-0.25, -0.2) is 23.2 Å². The second kappa shape index (κ2) is 25.0. The van der Waals surface area contributed by atoms with E-state index in [1.165, 1.54) is 35.2 Å². The first-order valence-corrected chi connectivity index (χ1v) is 31.1. The molecule has 2 heterocycles. The van der Waals surface area contributed by atoms with Crippen molar-refractivity contribution < 1.29 is 73.0 Å². The fourth-order valence-corrected chi connectivity index (χ4v) is 13.5. The fraction of sp³-hybridized carbons (Fsp3) is 0.451. The van der Waals surface area contributed by atoms with Gasteiger partial charge in [-0.3, -0.25) is 13.9 Å². The van der Waals surface area contributed by atoms with E-state index in [2.05, 4.69) is 31.5 Å². The van der Waals surface area contributed by atoms with Crippen LogP contribution in [0.2, 0.25) is 0 Å². The van der Waals surface area contributed by atoms with Gasteiger partial charge in [0.25, 0.3) is 20.2 Å². The molecule has 0 unspecified atom stereocenters. The lowest BCUT2D eigenvalue weighted by molar-refractivity contribution is -0.437. The number of Topliss-reactive ketones (excluding diaryl/α,β-unsaturated/α-hetero) is 1. The van der Waals surface area contributed by atoms with Gasteiger partial charge in [0.15, 0.2) is 5.71 Å². The van der Waals surface area contributed by atoms with Gasteiger partial charge in [0, 0.05) is 105 Å². The summed E-state index contributed by atoms with van der Waals surface area (Å²) in [6.07, 6.45) is 11.6. The Hall–Kier alpha value is -3.70. The van der Waals surface area contributed by atoms with Crippen molar-refractivity contribution in [2.75, 3.05) is 43.1 Å². The number of anilines is 1. The molecule has 2 aliphatic heterocycles. The number of hydrogen-bond acceptors (Lipinski definition) is 17. The van der Waals surface area contributed by atoms with Crippen LogP contribution in [-0.4, -0.2) is 103 Å². The summed E-state index contributed by atoms with van der Waals surface area (Å²) in [5.74, 6) is 0.0737. The number of hydrogen-bond donors (Lipinski definition) is 4. The molecule has 0 saturated heterocycles. The molecular weight excluding hydrogens is 1090 g/mol. The smallest absolute Gasteiger partial charge is 0.294 e. The molecule has 1 aliphatic carbocycles. The number of nitrogens with zero attached hydrogens (tertiary/aromatic N) is 3. The van der Waals surface area contributed by atoms with E-state index in [9.17, 15) is 39.2 Å². The first kappa shape index (κ1) is 60.5. The van der Waals surface area contributed by atoms with Crippen LogP contribution >= 0.6 is 35.8 Å². The Labute approximate surface area is 453 Å². The molecule has 4 N–H and O–H groups in total. The maximum absolute atomic E-state index is 14.1.